The number of fused-ring (bicyclic) bond motifs is 3. The molecule has 5 heterocycles. The number of imidazole rings is 1. The van der Waals surface area contributed by atoms with Crippen LogP contribution in [-0.4, -0.2) is 56.5 Å². The fourth-order valence-corrected chi connectivity index (χ4v) is 5.00. The van der Waals surface area contributed by atoms with E-state index in [4.69, 9.17) is 4.98 Å². The number of likely N-dealkylation sites (tertiary alicyclic amines) is 1. The predicted molar refractivity (Wildman–Crippen MR) is 123 cm³/mol. The Balaban J connectivity index is 1.23. The zero-order valence-electron chi connectivity index (χ0n) is 17.7. The summed E-state index contributed by atoms with van der Waals surface area (Å²) in [6, 6.07) is 13.8. The maximum absolute atomic E-state index is 4.73. The van der Waals surface area contributed by atoms with E-state index in [1.54, 1.807) is 12.4 Å². The van der Waals surface area contributed by atoms with E-state index >= 15 is 0 Å². The molecule has 0 aliphatic carbocycles. The first-order valence-corrected chi connectivity index (χ1v) is 10.7. The van der Waals surface area contributed by atoms with Crippen LogP contribution >= 0.6 is 0 Å². The molecule has 7 heteroatoms. The molecule has 2 aliphatic rings. The van der Waals surface area contributed by atoms with Crippen LogP contribution in [0.5, 0.6) is 0 Å². The standard InChI is InChI=1S/C24H25N7/c1-16-11-18(4-5-22(16)31-15-19-12-20(31)14-29(19)2)27-24-26-8-7-21(28-24)17-3-6-23-25-9-10-30(23)13-17/h3-11,13,19-20H,12,14-15H2,1-2H3,(H,26,27,28)/t19-,20-/m0/s1. The molecule has 2 bridgehead atoms. The van der Waals surface area contributed by atoms with Gasteiger partial charge in [0.25, 0.3) is 0 Å². The van der Waals surface area contributed by atoms with Crippen molar-refractivity contribution in [2.45, 2.75) is 25.4 Å². The van der Waals surface area contributed by atoms with Gasteiger partial charge in [-0.15, -0.1) is 0 Å². The van der Waals surface area contributed by atoms with Crippen LogP contribution in [0, 0.1) is 6.92 Å². The summed E-state index contributed by atoms with van der Waals surface area (Å²) in [5.41, 5.74) is 6.45. The van der Waals surface area contributed by atoms with Crippen LogP contribution in [0.3, 0.4) is 0 Å². The van der Waals surface area contributed by atoms with E-state index in [1.807, 2.05) is 35.0 Å². The lowest BCUT2D eigenvalue weighted by Gasteiger charge is -2.34. The summed E-state index contributed by atoms with van der Waals surface area (Å²) in [5.74, 6) is 0.595. The van der Waals surface area contributed by atoms with E-state index in [2.05, 4.69) is 57.3 Å². The molecule has 0 amide bonds. The lowest BCUT2D eigenvalue weighted by molar-refractivity contribution is 0.292. The number of rotatable bonds is 4. The third kappa shape index (κ3) is 3.21. The zero-order valence-corrected chi connectivity index (χ0v) is 17.7. The second kappa shape index (κ2) is 7.06. The molecule has 6 rings (SSSR count). The Hall–Kier alpha value is -3.45. The number of aromatic nitrogens is 4. The molecule has 2 aliphatic heterocycles. The molecule has 0 radical (unpaired) electrons. The van der Waals surface area contributed by atoms with E-state index in [-0.39, 0.29) is 0 Å². The van der Waals surface area contributed by atoms with E-state index in [0.29, 0.717) is 18.0 Å². The monoisotopic (exact) mass is 411 g/mol. The van der Waals surface area contributed by atoms with Crippen molar-refractivity contribution in [2.24, 2.45) is 0 Å². The number of piperazine rings is 1. The lowest BCUT2D eigenvalue weighted by atomic mass is 10.1. The van der Waals surface area contributed by atoms with Gasteiger partial charge in [0, 0.05) is 66.9 Å². The Bertz CT molecular complexity index is 1260. The molecular weight excluding hydrogens is 386 g/mol. The van der Waals surface area contributed by atoms with Crippen LogP contribution in [-0.2, 0) is 0 Å². The third-order valence-electron chi connectivity index (χ3n) is 6.62. The molecule has 2 fully saturated rings. The highest BCUT2D eigenvalue weighted by Gasteiger charge is 2.41. The molecule has 1 N–H and O–H groups in total. The number of likely N-dealkylation sites (N-methyl/N-ethyl adjacent to an activating group) is 1. The number of aryl methyl sites for hydroxylation is 1. The first-order valence-electron chi connectivity index (χ1n) is 10.7. The van der Waals surface area contributed by atoms with Gasteiger partial charge in [0.05, 0.1) is 5.69 Å². The fourth-order valence-electron chi connectivity index (χ4n) is 5.00. The van der Waals surface area contributed by atoms with Gasteiger partial charge in [-0.25, -0.2) is 15.0 Å². The minimum absolute atomic E-state index is 0.595. The zero-order chi connectivity index (χ0) is 20.9. The Kier molecular flexibility index (Phi) is 4.17. The summed E-state index contributed by atoms with van der Waals surface area (Å²) < 4.78 is 2.00. The second-order valence-corrected chi connectivity index (χ2v) is 8.64. The second-order valence-electron chi connectivity index (χ2n) is 8.64. The van der Waals surface area contributed by atoms with Gasteiger partial charge in [-0.1, -0.05) is 0 Å². The van der Waals surface area contributed by atoms with Crippen molar-refractivity contribution in [2.75, 3.05) is 30.4 Å². The molecule has 0 unspecified atom stereocenters. The number of nitrogens with one attached hydrogen (secondary N) is 1. The van der Waals surface area contributed by atoms with Gasteiger partial charge in [0.15, 0.2) is 0 Å². The predicted octanol–water partition coefficient (Wildman–Crippen LogP) is 3.74. The molecule has 2 atom stereocenters. The summed E-state index contributed by atoms with van der Waals surface area (Å²) in [4.78, 5) is 18.5. The molecule has 0 spiro atoms. The largest absolute Gasteiger partial charge is 0.365 e. The van der Waals surface area contributed by atoms with Crippen LogP contribution in [0.15, 0.2) is 61.2 Å². The summed E-state index contributed by atoms with van der Waals surface area (Å²) in [5, 5.41) is 3.38. The minimum atomic E-state index is 0.595. The number of anilines is 3. The first-order chi connectivity index (χ1) is 15.1. The Morgan fingerprint density at radius 3 is 2.74 bits per heavy atom. The van der Waals surface area contributed by atoms with Gasteiger partial charge in [0.1, 0.15) is 5.65 Å². The minimum Gasteiger partial charge on any atom is -0.365 e. The molecular formula is C24H25N7. The van der Waals surface area contributed by atoms with Gasteiger partial charge < -0.3 is 14.6 Å². The van der Waals surface area contributed by atoms with Crippen LogP contribution in [0.1, 0.15) is 12.0 Å². The van der Waals surface area contributed by atoms with Gasteiger partial charge >= 0.3 is 0 Å². The number of hydrogen-bond acceptors (Lipinski definition) is 6. The van der Waals surface area contributed by atoms with Crippen molar-refractivity contribution in [3.8, 4) is 11.3 Å². The highest BCUT2D eigenvalue weighted by atomic mass is 15.3. The Labute approximate surface area is 181 Å². The van der Waals surface area contributed by atoms with E-state index in [1.165, 1.54) is 17.7 Å². The van der Waals surface area contributed by atoms with Gasteiger partial charge in [-0.2, -0.15) is 0 Å². The molecule has 7 nitrogen and oxygen atoms in total. The normalized spacial score (nSPS) is 20.6. The average Bonchev–Trinajstić information content (AvgIpc) is 3.49. The molecule has 1 aromatic carbocycles. The highest BCUT2D eigenvalue weighted by molar-refractivity contribution is 5.66. The van der Waals surface area contributed by atoms with Gasteiger partial charge in [-0.3, -0.25) is 4.90 Å². The van der Waals surface area contributed by atoms with E-state index < -0.39 is 0 Å². The molecule has 31 heavy (non-hydrogen) atoms. The molecule has 3 aromatic heterocycles. The molecule has 2 saturated heterocycles. The summed E-state index contributed by atoms with van der Waals surface area (Å²) in [6.07, 6.45) is 8.84. The fraction of sp³-hybridized carbons (Fsp3) is 0.292. The lowest BCUT2D eigenvalue weighted by Crippen LogP contribution is -2.44. The topological polar surface area (TPSA) is 61.6 Å². The van der Waals surface area contributed by atoms with Crippen LogP contribution < -0.4 is 10.2 Å². The van der Waals surface area contributed by atoms with Crippen molar-refractivity contribution in [1.82, 2.24) is 24.3 Å². The quantitative estimate of drug-likeness (QED) is 0.552. The molecule has 4 aromatic rings. The van der Waals surface area contributed by atoms with Crippen LogP contribution in [0.4, 0.5) is 17.3 Å². The number of nitrogens with zero attached hydrogens (tertiary/aromatic N) is 6. The maximum atomic E-state index is 4.73. The first kappa shape index (κ1) is 18.3. The number of hydrogen-bond donors (Lipinski definition) is 1. The summed E-state index contributed by atoms with van der Waals surface area (Å²) in [6.45, 7) is 4.48. The van der Waals surface area contributed by atoms with Crippen LogP contribution in [0.25, 0.3) is 16.9 Å². The average molecular weight is 412 g/mol. The smallest absolute Gasteiger partial charge is 0.227 e. The van der Waals surface area contributed by atoms with Crippen molar-refractivity contribution in [3.63, 3.8) is 0 Å². The van der Waals surface area contributed by atoms with Crippen molar-refractivity contribution in [1.29, 1.82) is 0 Å². The van der Waals surface area contributed by atoms with Crippen molar-refractivity contribution < 1.29 is 0 Å². The highest BCUT2D eigenvalue weighted by Crippen LogP contribution is 2.36. The van der Waals surface area contributed by atoms with E-state index in [0.717, 1.165) is 35.7 Å². The molecule has 156 valence electrons. The van der Waals surface area contributed by atoms with Gasteiger partial charge in [-0.05, 0) is 62.4 Å². The number of pyridine rings is 1. The molecule has 0 saturated carbocycles. The summed E-state index contributed by atoms with van der Waals surface area (Å²) in [7, 11) is 2.24. The van der Waals surface area contributed by atoms with Crippen LogP contribution in [0.2, 0.25) is 0 Å². The van der Waals surface area contributed by atoms with Crippen molar-refractivity contribution >= 4 is 23.0 Å². The Morgan fingerprint density at radius 2 is 1.94 bits per heavy atom. The van der Waals surface area contributed by atoms with Crippen molar-refractivity contribution in [3.05, 3.63) is 66.7 Å². The van der Waals surface area contributed by atoms with E-state index in [9.17, 15) is 0 Å². The summed E-state index contributed by atoms with van der Waals surface area (Å²) >= 11 is 0. The third-order valence-corrected chi connectivity index (χ3v) is 6.62. The van der Waals surface area contributed by atoms with Gasteiger partial charge in [0.2, 0.25) is 5.95 Å². The SMILES string of the molecule is Cc1cc(Nc2nccc(-c3ccc4nccn4c3)n2)ccc1N1C[C@@H]2C[C@H]1CN2C. The Morgan fingerprint density at radius 1 is 1.00 bits per heavy atom. The maximum Gasteiger partial charge on any atom is 0.227 e. The number of benzene rings is 1.